The molecule has 5 nitrogen and oxygen atoms in total. The quantitative estimate of drug-likeness (QED) is 0.670. The van der Waals surface area contributed by atoms with Crippen molar-refractivity contribution in [3.63, 3.8) is 0 Å². The minimum Gasteiger partial charge on any atom is -0.457 e. The summed E-state index contributed by atoms with van der Waals surface area (Å²) in [7, 11) is 0. The zero-order valence-corrected chi connectivity index (χ0v) is 15.9. The first-order chi connectivity index (χ1) is 13.0. The third kappa shape index (κ3) is 5.37. The van der Waals surface area contributed by atoms with Crippen LogP contribution in [0.25, 0.3) is 0 Å². The Morgan fingerprint density at radius 1 is 1.04 bits per heavy atom. The van der Waals surface area contributed by atoms with Crippen molar-refractivity contribution in [3.05, 3.63) is 71.6 Å². The highest BCUT2D eigenvalue weighted by atomic mass is 32.2. The number of carbonyl (C=O) groups excluding carboxylic acids is 2. The maximum absolute atomic E-state index is 11.7. The van der Waals surface area contributed by atoms with E-state index in [2.05, 4.69) is 28.8 Å². The second-order valence-corrected chi connectivity index (χ2v) is 7.42. The molecule has 0 aromatic heterocycles. The van der Waals surface area contributed by atoms with Crippen LogP contribution in [0.1, 0.15) is 18.9 Å². The zero-order valence-electron chi connectivity index (χ0n) is 15.1. The van der Waals surface area contributed by atoms with E-state index in [9.17, 15) is 9.59 Å². The van der Waals surface area contributed by atoms with Gasteiger partial charge in [0.25, 0.3) is 5.91 Å². The second kappa shape index (κ2) is 8.77. The van der Waals surface area contributed by atoms with E-state index in [4.69, 9.17) is 4.74 Å². The van der Waals surface area contributed by atoms with Gasteiger partial charge in [-0.1, -0.05) is 36.4 Å². The van der Waals surface area contributed by atoms with Crippen molar-refractivity contribution >= 4 is 23.7 Å². The first-order valence-corrected chi connectivity index (χ1v) is 9.82. The molecule has 27 heavy (non-hydrogen) atoms. The molecule has 2 N–H and O–H groups in total. The Bertz CT molecular complexity index is 821. The molecule has 0 aliphatic carbocycles. The molecule has 0 unspecified atom stereocenters. The van der Waals surface area contributed by atoms with Crippen molar-refractivity contribution in [2.45, 2.75) is 25.3 Å². The number of amides is 3. The van der Waals surface area contributed by atoms with Crippen molar-refractivity contribution in [2.24, 2.45) is 0 Å². The molecule has 1 aliphatic heterocycles. The number of hydrogen-bond acceptors (Lipinski definition) is 4. The summed E-state index contributed by atoms with van der Waals surface area (Å²) in [5, 5.41) is 6.90. The number of para-hydroxylation sites is 1. The number of benzene rings is 2. The third-order valence-corrected chi connectivity index (χ3v) is 5.31. The molecule has 1 aliphatic rings. The van der Waals surface area contributed by atoms with Crippen LogP contribution in [0.15, 0.2) is 66.1 Å². The van der Waals surface area contributed by atoms with Gasteiger partial charge in [-0.3, -0.25) is 10.1 Å². The summed E-state index contributed by atoms with van der Waals surface area (Å²) in [6, 6.07) is 17.4. The van der Waals surface area contributed by atoms with Gasteiger partial charge in [0.15, 0.2) is 0 Å². The SMILES string of the molecule is C[C@]1(CS/C=C/CCc2ccc(Oc3ccccc3)cc2)NC(=O)NC1=O. The number of nitrogens with one attached hydrogen (secondary N) is 2. The summed E-state index contributed by atoms with van der Waals surface area (Å²) in [4.78, 5) is 22.9. The highest BCUT2D eigenvalue weighted by Gasteiger charge is 2.41. The molecule has 0 bridgehead atoms. The minimum absolute atomic E-state index is 0.272. The average Bonchev–Trinajstić information content (AvgIpc) is 2.92. The lowest BCUT2D eigenvalue weighted by atomic mass is 10.1. The molecule has 1 fully saturated rings. The molecule has 6 heteroatoms. The molecule has 0 spiro atoms. The number of hydrogen-bond donors (Lipinski definition) is 2. The van der Waals surface area contributed by atoms with Crippen molar-refractivity contribution in [1.82, 2.24) is 10.6 Å². The lowest BCUT2D eigenvalue weighted by Gasteiger charge is -2.18. The number of urea groups is 1. The summed E-state index contributed by atoms with van der Waals surface area (Å²) in [5.41, 5.74) is 0.403. The molecule has 2 aromatic rings. The van der Waals surface area contributed by atoms with Gasteiger partial charge in [0.1, 0.15) is 17.0 Å². The van der Waals surface area contributed by atoms with E-state index in [0.29, 0.717) is 5.75 Å². The monoisotopic (exact) mass is 382 g/mol. The molecular weight excluding hydrogens is 360 g/mol. The van der Waals surface area contributed by atoms with Crippen LogP contribution >= 0.6 is 11.8 Å². The van der Waals surface area contributed by atoms with Gasteiger partial charge in [0, 0.05) is 5.75 Å². The van der Waals surface area contributed by atoms with Crippen LogP contribution in [-0.4, -0.2) is 23.2 Å². The fourth-order valence-electron chi connectivity index (χ4n) is 2.63. The van der Waals surface area contributed by atoms with Gasteiger partial charge in [0.05, 0.1) is 0 Å². The van der Waals surface area contributed by atoms with Crippen molar-refractivity contribution in [1.29, 1.82) is 0 Å². The Balaban J connectivity index is 1.39. The molecule has 1 saturated heterocycles. The fraction of sp³-hybridized carbons (Fsp3) is 0.238. The zero-order chi connectivity index (χ0) is 19.1. The summed E-state index contributed by atoms with van der Waals surface area (Å²) >= 11 is 1.52. The maximum atomic E-state index is 11.7. The molecule has 0 radical (unpaired) electrons. The Hall–Kier alpha value is -2.73. The highest BCUT2D eigenvalue weighted by Crippen LogP contribution is 2.22. The predicted octanol–water partition coefficient (Wildman–Crippen LogP) is 4.26. The molecule has 2 aromatic carbocycles. The van der Waals surface area contributed by atoms with Crippen LogP contribution in [0, 0.1) is 0 Å². The summed E-state index contributed by atoms with van der Waals surface area (Å²) in [6.07, 6.45) is 3.91. The number of allylic oxidation sites excluding steroid dienone is 1. The molecular formula is C21H22N2O3S. The van der Waals surface area contributed by atoms with Crippen LogP contribution in [0.5, 0.6) is 11.5 Å². The van der Waals surface area contributed by atoms with Crippen LogP contribution in [0.2, 0.25) is 0 Å². The number of carbonyl (C=O) groups is 2. The van der Waals surface area contributed by atoms with Gasteiger partial charge in [-0.2, -0.15) is 0 Å². The lowest BCUT2D eigenvalue weighted by Crippen LogP contribution is -2.45. The second-order valence-electron chi connectivity index (χ2n) is 6.52. The van der Waals surface area contributed by atoms with E-state index in [1.165, 1.54) is 17.3 Å². The molecule has 3 amide bonds. The smallest absolute Gasteiger partial charge is 0.322 e. The Morgan fingerprint density at radius 3 is 2.41 bits per heavy atom. The Morgan fingerprint density at radius 2 is 1.74 bits per heavy atom. The van der Waals surface area contributed by atoms with Gasteiger partial charge in [-0.05, 0) is 55.0 Å². The lowest BCUT2D eigenvalue weighted by molar-refractivity contribution is -0.122. The molecule has 140 valence electrons. The number of rotatable bonds is 8. The van der Waals surface area contributed by atoms with E-state index in [-0.39, 0.29) is 5.91 Å². The van der Waals surface area contributed by atoms with Gasteiger partial charge in [0.2, 0.25) is 0 Å². The van der Waals surface area contributed by atoms with Crippen LogP contribution in [-0.2, 0) is 11.2 Å². The molecule has 3 rings (SSSR count). The standard InChI is InChI=1S/C21H22N2O3S/c1-21(19(24)22-20(25)23-21)15-27-14-6-5-7-16-10-12-18(13-11-16)26-17-8-3-2-4-9-17/h2-4,6,8-14H,5,7,15H2,1H3,(H2,22,23,24,25)/b14-6+/t21-/m1/s1. The third-order valence-electron chi connectivity index (χ3n) is 4.18. The van der Waals surface area contributed by atoms with Crippen molar-refractivity contribution in [2.75, 3.05) is 5.75 Å². The van der Waals surface area contributed by atoms with E-state index < -0.39 is 11.6 Å². The van der Waals surface area contributed by atoms with Gasteiger partial charge < -0.3 is 10.1 Å². The van der Waals surface area contributed by atoms with Crippen LogP contribution in [0.4, 0.5) is 4.79 Å². The van der Waals surface area contributed by atoms with E-state index in [1.807, 2.05) is 47.9 Å². The predicted molar refractivity (Wildman–Crippen MR) is 108 cm³/mol. The molecule has 0 saturated carbocycles. The normalized spacial score (nSPS) is 19.1. The summed E-state index contributed by atoms with van der Waals surface area (Å²) in [5.74, 6) is 1.88. The first-order valence-electron chi connectivity index (χ1n) is 8.77. The Kier molecular flexibility index (Phi) is 6.19. The number of ether oxygens (including phenoxy) is 1. The molecule has 1 atom stereocenters. The van der Waals surface area contributed by atoms with Crippen LogP contribution in [0.3, 0.4) is 0 Å². The number of aryl methyl sites for hydroxylation is 1. The topological polar surface area (TPSA) is 67.4 Å². The van der Waals surface area contributed by atoms with Gasteiger partial charge in [-0.15, -0.1) is 11.8 Å². The van der Waals surface area contributed by atoms with Gasteiger partial charge in [-0.25, -0.2) is 4.79 Å². The van der Waals surface area contributed by atoms with Crippen LogP contribution < -0.4 is 15.4 Å². The summed E-state index contributed by atoms with van der Waals surface area (Å²) in [6.45, 7) is 1.73. The number of imide groups is 1. The molecule has 1 heterocycles. The maximum Gasteiger partial charge on any atom is 0.322 e. The van der Waals surface area contributed by atoms with E-state index in [0.717, 1.165) is 24.3 Å². The largest absolute Gasteiger partial charge is 0.457 e. The summed E-state index contributed by atoms with van der Waals surface area (Å²) < 4.78 is 5.79. The van der Waals surface area contributed by atoms with E-state index in [1.54, 1.807) is 6.92 Å². The van der Waals surface area contributed by atoms with E-state index >= 15 is 0 Å². The Labute approximate surface area is 163 Å². The minimum atomic E-state index is -0.833. The highest BCUT2D eigenvalue weighted by molar-refractivity contribution is 8.02. The average molecular weight is 382 g/mol. The number of thioether (sulfide) groups is 1. The first kappa shape index (κ1) is 19.0. The van der Waals surface area contributed by atoms with Crippen molar-refractivity contribution < 1.29 is 14.3 Å². The van der Waals surface area contributed by atoms with Gasteiger partial charge >= 0.3 is 6.03 Å². The fourth-order valence-corrected chi connectivity index (χ4v) is 3.54. The van der Waals surface area contributed by atoms with Crippen molar-refractivity contribution in [3.8, 4) is 11.5 Å².